The van der Waals surface area contributed by atoms with Gasteiger partial charge >= 0.3 is 0 Å². The molecule has 0 saturated carbocycles. The normalized spacial score (nSPS) is 20.2. The quantitative estimate of drug-likeness (QED) is 0.868. The molecule has 2 aromatic rings. The van der Waals surface area contributed by atoms with E-state index in [1.54, 1.807) is 6.20 Å². The van der Waals surface area contributed by atoms with E-state index in [1.807, 2.05) is 7.05 Å². The summed E-state index contributed by atoms with van der Waals surface area (Å²) >= 11 is 0. The molecule has 0 amide bonds. The summed E-state index contributed by atoms with van der Waals surface area (Å²) in [6.07, 6.45) is 4.22. The number of nitrogens with one attached hydrogen (secondary N) is 2. The van der Waals surface area contributed by atoms with Crippen molar-refractivity contribution in [3.63, 3.8) is 0 Å². The monoisotopic (exact) mass is 275 g/mol. The summed E-state index contributed by atoms with van der Waals surface area (Å²) in [6.45, 7) is 2.24. The third-order valence-electron chi connectivity index (χ3n) is 3.99. The van der Waals surface area contributed by atoms with Crippen molar-refractivity contribution in [1.29, 1.82) is 0 Å². The molecule has 0 radical (unpaired) electrons. The molecule has 20 heavy (non-hydrogen) atoms. The van der Waals surface area contributed by atoms with Gasteiger partial charge < -0.3 is 15.1 Å². The van der Waals surface area contributed by atoms with Gasteiger partial charge in [0.2, 0.25) is 5.95 Å². The van der Waals surface area contributed by atoms with Crippen molar-refractivity contribution in [1.82, 2.24) is 25.1 Å². The van der Waals surface area contributed by atoms with Crippen LogP contribution < -0.4 is 10.2 Å². The van der Waals surface area contributed by atoms with Crippen molar-refractivity contribution in [3.8, 4) is 0 Å². The van der Waals surface area contributed by atoms with E-state index in [2.05, 4.69) is 49.4 Å². The van der Waals surface area contributed by atoms with Crippen molar-refractivity contribution in [2.45, 2.75) is 18.9 Å². The summed E-state index contributed by atoms with van der Waals surface area (Å²) in [4.78, 5) is 13.6. The highest BCUT2D eigenvalue weighted by Crippen LogP contribution is 2.26. The van der Waals surface area contributed by atoms with Crippen molar-refractivity contribution in [3.05, 3.63) is 6.20 Å². The maximum atomic E-state index is 4.62. The van der Waals surface area contributed by atoms with E-state index < -0.39 is 0 Å². The van der Waals surface area contributed by atoms with Gasteiger partial charge in [-0.25, -0.2) is 0 Å². The van der Waals surface area contributed by atoms with Crippen LogP contribution in [0, 0.1) is 0 Å². The minimum Gasteiger partial charge on any atom is -0.357 e. The van der Waals surface area contributed by atoms with Gasteiger partial charge in [0.15, 0.2) is 5.65 Å². The molecular weight excluding hydrogens is 254 g/mol. The molecule has 1 fully saturated rings. The Kier molecular flexibility index (Phi) is 3.43. The highest BCUT2D eigenvalue weighted by Gasteiger charge is 2.24. The first-order valence-corrected chi connectivity index (χ1v) is 6.99. The van der Waals surface area contributed by atoms with Crippen molar-refractivity contribution in [2.24, 2.45) is 0 Å². The number of hydrogen-bond acceptors (Lipinski definition) is 6. The van der Waals surface area contributed by atoms with Crippen LogP contribution in [-0.4, -0.2) is 65.3 Å². The van der Waals surface area contributed by atoms with E-state index in [0.29, 0.717) is 12.0 Å². The average molecular weight is 275 g/mol. The minimum atomic E-state index is 0.478. The maximum Gasteiger partial charge on any atom is 0.226 e. The molecule has 1 saturated heterocycles. The number of likely N-dealkylation sites (tertiary alicyclic amines) is 1. The fourth-order valence-electron chi connectivity index (χ4n) is 2.83. The number of aromatic amines is 1. The molecule has 2 aromatic heterocycles. The smallest absolute Gasteiger partial charge is 0.226 e. The number of rotatable bonds is 3. The zero-order chi connectivity index (χ0) is 14.1. The molecule has 1 unspecified atom stereocenters. The molecule has 0 aromatic carbocycles. The number of anilines is 2. The molecular formula is C13H21N7. The Labute approximate surface area is 118 Å². The molecule has 7 heteroatoms. The maximum absolute atomic E-state index is 4.62. The molecule has 3 rings (SSSR count). The number of hydrogen-bond donors (Lipinski definition) is 2. The highest BCUT2D eigenvalue weighted by molar-refractivity contribution is 5.87. The highest BCUT2D eigenvalue weighted by atomic mass is 15.3. The SMILES string of the molecule is CNc1nc(N(C)C2CCCN(C)C2)c2cn[nH]c2n1. The van der Waals surface area contributed by atoms with Crippen LogP contribution >= 0.6 is 0 Å². The Balaban J connectivity index is 1.97. The number of likely N-dealkylation sites (N-methyl/N-ethyl adjacent to an activating group) is 2. The second kappa shape index (κ2) is 5.24. The van der Waals surface area contributed by atoms with Gasteiger partial charge in [-0.05, 0) is 26.4 Å². The molecule has 1 aliphatic heterocycles. The summed E-state index contributed by atoms with van der Waals surface area (Å²) in [6, 6.07) is 0.478. The molecule has 108 valence electrons. The van der Waals surface area contributed by atoms with E-state index in [4.69, 9.17) is 0 Å². The van der Waals surface area contributed by atoms with Crippen LogP contribution in [0.4, 0.5) is 11.8 Å². The van der Waals surface area contributed by atoms with Gasteiger partial charge in [-0.1, -0.05) is 0 Å². The first-order chi connectivity index (χ1) is 9.69. The van der Waals surface area contributed by atoms with E-state index >= 15 is 0 Å². The Bertz CT molecular complexity index is 593. The molecule has 0 bridgehead atoms. The molecule has 0 spiro atoms. The van der Waals surface area contributed by atoms with Crippen LogP contribution in [0.5, 0.6) is 0 Å². The Morgan fingerprint density at radius 3 is 3.05 bits per heavy atom. The summed E-state index contributed by atoms with van der Waals surface area (Å²) < 4.78 is 0. The first-order valence-electron chi connectivity index (χ1n) is 6.99. The third kappa shape index (κ3) is 2.29. The number of piperidine rings is 1. The van der Waals surface area contributed by atoms with Gasteiger partial charge in [0.1, 0.15) is 5.82 Å². The van der Waals surface area contributed by atoms with E-state index in [-0.39, 0.29) is 0 Å². The summed E-state index contributed by atoms with van der Waals surface area (Å²) in [5, 5.41) is 11.0. The van der Waals surface area contributed by atoms with Gasteiger partial charge in [0.25, 0.3) is 0 Å². The average Bonchev–Trinajstić information content (AvgIpc) is 2.93. The molecule has 7 nitrogen and oxygen atoms in total. The van der Waals surface area contributed by atoms with Crippen molar-refractivity contribution in [2.75, 3.05) is 44.4 Å². The number of nitrogens with zero attached hydrogens (tertiary/aromatic N) is 5. The molecule has 1 aliphatic rings. The van der Waals surface area contributed by atoms with Crippen LogP contribution in [0.25, 0.3) is 11.0 Å². The molecule has 1 atom stereocenters. The number of aromatic nitrogens is 4. The summed E-state index contributed by atoms with van der Waals surface area (Å²) in [5.74, 6) is 1.56. The standard InChI is InChI=1S/C13H21N7/c1-14-13-16-11-10(7-15-18-11)12(17-13)20(3)9-5-4-6-19(2)8-9/h7,9H,4-6,8H2,1-3H3,(H2,14,15,16,17,18). The second-order valence-corrected chi connectivity index (χ2v) is 5.42. The first kappa shape index (κ1) is 13.1. The van der Waals surface area contributed by atoms with Gasteiger partial charge in [-0.2, -0.15) is 15.1 Å². The molecule has 0 aliphatic carbocycles. The lowest BCUT2D eigenvalue weighted by atomic mass is 10.0. The molecule has 2 N–H and O–H groups in total. The minimum absolute atomic E-state index is 0.478. The van der Waals surface area contributed by atoms with Gasteiger partial charge in [0, 0.05) is 26.7 Å². The fraction of sp³-hybridized carbons (Fsp3) is 0.615. The van der Waals surface area contributed by atoms with E-state index in [0.717, 1.165) is 23.4 Å². The third-order valence-corrected chi connectivity index (χ3v) is 3.99. The number of fused-ring (bicyclic) bond motifs is 1. The lowest BCUT2D eigenvalue weighted by Crippen LogP contribution is -2.45. The van der Waals surface area contributed by atoms with Crippen LogP contribution in [0.2, 0.25) is 0 Å². The Hall–Kier alpha value is -1.89. The van der Waals surface area contributed by atoms with E-state index in [9.17, 15) is 0 Å². The van der Waals surface area contributed by atoms with Gasteiger partial charge in [-0.3, -0.25) is 5.10 Å². The van der Waals surface area contributed by atoms with Crippen LogP contribution in [0.1, 0.15) is 12.8 Å². The van der Waals surface area contributed by atoms with Crippen LogP contribution in [0.15, 0.2) is 6.20 Å². The van der Waals surface area contributed by atoms with E-state index in [1.165, 1.54) is 19.4 Å². The van der Waals surface area contributed by atoms with Gasteiger partial charge in [0.05, 0.1) is 11.6 Å². The van der Waals surface area contributed by atoms with Crippen molar-refractivity contribution >= 4 is 22.8 Å². The lowest BCUT2D eigenvalue weighted by Gasteiger charge is -2.36. The Morgan fingerprint density at radius 2 is 2.30 bits per heavy atom. The summed E-state index contributed by atoms with van der Waals surface area (Å²) in [7, 11) is 6.11. The zero-order valence-corrected chi connectivity index (χ0v) is 12.2. The predicted octanol–water partition coefficient (Wildman–Crippen LogP) is 0.925. The van der Waals surface area contributed by atoms with Crippen LogP contribution in [0.3, 0.4) is 0 Å². The summed E-state index contributed by atoms with van der Waals surface area (Å²) in [5.41, 5.74) is 0.773. The lowest BCUT2D eigenvalue weighted by molar-refractivity contribution is 0.247. The van der Waals surface area contributed by atoms with Crippen LogP contribution in [-0.2, 0) is 0 Å². The predicted molar refractivity (Wildman–Crippen MR) is 80.2 cm³/mol. The largest absolute Gasteiger partial charge is 0.357 e. The van der Waals surface area contributed by atoms with Crippen molar-refractivity contribution < 1.29 is 0 Å². The topological polar surface area (TPSA) is 73.0 Å². The van der Waals surface area contributed by atoms with Gasteiger partial charge in [-0.15, -0.1) is 0 Å². The number of H-pyrrole nitrogens is 1. The molecule has 3 heterocycles. The second-order valence-electron chi connectivity index (χ2n) is 5.42. The fourth-order valence-corrected chi connectivity index (χ4v) is 2.83. The zero-order valence-electron chi connectivity index (χ0n) is 12.2. The Morgan fingerprint density at radius 1 is 1.45 bits per heavy atom.